The van der Waals surface area contributed by atoms with Crippen molar-refractivity contribution < 1.29 is 0 Å². The van der Waals surface area contributed by atoms with Gasteiger partial charge < -0.3 is 16.0 Å². The Morgan fingerprint density at radius 3 is 2.70 bits per heavy atom. The van der Waals surface area contributed by atoms with Crippen molar-refractivity contribution in [1.82, 2.24) is 30.2 Å². The van der Waals surface area contributed by atoms with Crippen molar-refractivity contribution in [2.75, 3.05) is 23.7 Å². The number of hydrogen-bond acceptors (Lipinski definition) is 8. The van der Waals surface area contributed by atoms with Crippen LogP contribution in [0.1, 0.15) is 6.42 Å². The lowest BCUT2D eigenvalue weighted by Gasteiger charge is -2.15. The number of nitrogens with one attached hydrogen (secondary N) is 3. The highest BCUT2D eigenvalue weighted by Crippen LogP contribution is 2.27. The smallest absolute Gasteiger partial charge is 0.162 e. The fraction of sp³-hybridized carbons (Fsp3) is 0.190. The number of nitrogens with zero attached hydrogens (tertiary/aromatic N) is 5. The van der Waals surface area contributed by atoms with E-state index in [9.17, 15) is 0 Å². The fourth-order valence-corrected chi connectivity index (χ4v) is 3.59. The van der Waals surface area contributed by atoms with Crippen molar-refractivity contribution in [3.8, 4) is 11.4 Å². The van der Waals surface area contributed by atoms with Gasteiger partial charge in [0.1, 0.15) is 17.5 Å². The Hall–Kier alpha value is -3.36. The molecule has 1 unspecified atom stereocenters. The summed E-state index contributed by atoms with van der Waals surface area (Å²) >= 11 is 6.04. The molecule has 5 rings (SSSR count). The van der Waals surface area contributed by atoms with Crippen LogP contribution in [0.5, 0.6) is 0 Å². The first-order valence-corrected chi connectivity index (χ1v) is 10.1. The molecule has 4 aromatic rings. The van der Waals surface area contributed by atoms with Gasteiger partial charge in [0.05, 0.1) is 11.7 Å². The largest absolute Gasteiger partial charge is 0.365 e. The average Bonchev–Trinajstić information content (AvgIpc) is 3.27. The molecule has 0 aromatic carbocycles. The van der Waals surface area contributed by atoms with E-state index in [1.807, 2.05) is 18.2 Å². The Morgan fingerprint density at radius 2 is 1.87 bits per heavy atom. The Labute approximate surface area is 178 Å². The second-order valence-electron chi connectivity index (χ2n) is 7.04. The highest BCUT2D eigenvalue weighted by molar-refractivity contribution is 6.30. The second-order valence-corrected chi connectivity index (χ2v) is 7.47. The molecule has 0 spiro atoms. The maximum absolute atomic E-state index is 6.04. The topological polar surface area (TPSA) is 101 Å². The minimum Gasteiger partial charge on any atom is -0.365 e. The first-order chi connectivity index (χ1) is 14.7. The third-order valence-corrected chi connectivity index (χ3v) is 5.13. The van der Waals surface area contributed by atoms with Crippen LogP contribution < -0.4 is 16.0 Å². The first kappa shape index (κ1) is 18.7. The zero-order valence-electron chi connectivity index (χ0n) is 16.0. The highest BCUT2D eigenvalue weighted by atomic mass is 35.5. The Morgan fingerprint density at radius 1 is 1.00 bits per heavy atom. The molecule has 9 heteroatoms. The van der Waals surface area contributed by atoms with E-state index in [1.54, 1.807) is 36.9 Å². The van der Waals surface area contributed by atoms with Crippen LogP contribution in [-0.4, -0.2) is 44.1 Å². The van der Waals surface area contributed by atoms with E-state index in [4.69, 9.17) is 21.6 Å². The summed E-state index contributed by atoms with van der Waals surface area (Å²) in [6, 6.07) is 9.52. The number of pyridine rings is 3. The van der Waals surface area contributed by atoms with Gasteiger partial charge >= 0.3 is 0 Å². The van der Waals surface area contributed by atoms with E-state index in [1.165, 1.54) is 0 Å². The van der Waals surface area contributed by atoms with Crippen molar-refractivity contribution >= 4 is 40.0 Å². The molecule has 4 aromatic heterocycles. The van der Waals surface area contributed by atoms with Crippen molar-refractivity contribution in [2.45, 2.75) is 12.5 Å². The van der Waals surface area contributed by atoms with E-state index in [0.29, 0.717) is 28.5 Å². The molecular weight excluding hydrogens is 400 g/mol. The lowest BCUT2D eigenvalue weighted by molar-refractivity contribution is 0.789. The summed E-state index contributed by atoms with van der Waals surface area (Å²) in [6.07, 6.45) is 7.93. The van der Waals surface area contributed by atoms with E-state index in [2.05, 4.69) is 30.9 Å². The van der Waals surface area contributed by atoms with E-state index in [-0.39, 0.29) is 0 Å². The number of halogens is 1. The van der Waals surface area contributed by atoms with Gasteiger partial charge in [0, 0.05) is 47.1 Å². The van der Waals surface area contributed by atoms with Crippen molar-refractivity contribution in [3.63, 3.8) is 0 Å². The average molecular weight is 419 g/mol. The lowest BCUT2D eigenvalue weighted by Crippen LogP contribution is -2.23. The number of fused-ring (bicyclic) bond motifs is 1. The van der Waals surface area contributed by atoms with E-state index >= 15 is 0 Å². The molecule has 1 fully saturated rings. The van der Waals surface area contributed by atoms with Crippen molar-refractivity contribution in [3.05, 3.63) is 60.1 Å². The first-order valence-electron chi connectivity index (χ1n) is 9.69. The molecule has 1 saturated heterocycles. The molecular formula is C21H19ClN8. The number of aromatic nitrogens is 5. The predicted molar refractivity (Wildman–Crippen MR) is 118 cm³/mol. The van der Waals surface area contributed by atoms with Gasteiger partial charge in [-0.25, -0.2) is 19.9 Å². The van der Waals surface area contributed by atoms with Crippen LogP contribution in [0.15, 0.2) is 55.1 Å². The SMILES string of the molecule is Clc1ccnc(Nc2cc(-c3nc(NC4CCNC4)c4ccncc4n3)ccn2)c1. The van der Waals surface area contributed by atoms with Gasteiger partial charge in [0.15, 0.2) is 5.82 Å². The molecule has 1 aliphatic heterocycles. The van der Waals surface area contributed by atoms with Crippen LogP contribution in [0.2, 0.25) is 5.02 Å². The fourth-order valence-electron chi connectivity index (χ4n) is 3.43. The summed E-state index contributed by atoms with van der Waals surface area (Å²) in [5, 5.41) is 11.7. The molecule has 1 atom stereocenters. The molecule has 5 heterocycles. The van der Waals surface area contributed by atoms with Gasteiger partial charge in [-0.1, -0.05) is 11.6 Å². The van der Waals surface area contributed by atoms with Gasteiger partial charge in [-0.2, -0.15) is 0 Å². The van der Waals surface area contributed by atoms with Crippen LogP contribution >= 0.6 is 11.6 Å². The standard InChI is InChI=1S/C21H19ClN8/c22-14-2-8-26-19(10-14)29-18-9-13(1-7-25-18)20-28-17-12-24-6-4-16(17)21(30-20)27-15-3-5-23-11-15/h1-2,4,6-10,12,15,23H,3,5,11H2,(H,25,26,29)(H,27,28,30). The summed E-state index contributed by atoms with van der Waals surface area (Å²) in [5.74, 6) is 2.67. The van der Waals surface area contributed by atoms with Gasteiger partial charge in [0.25, 0.3) is 0 Å². The molecule has 3 N–H and O–H groups in total. The highest BCUT2D eigenvalue weighted by Gasteiger charge is 2.17. The molecule has 8 nitrogen and oxygen atoms in total. The summed E-state index contributed by atoms with van der Waals surface area (Å²) in [7, 11) is 0. The maximum atomic E-state index is 6.04. The third kappa shape index (κ3) is 4.00. The van der Waals surface area contributed by atoms with E-state index in [0.717, 1.165) is 41.8 Å². The summed E-state index contributed by atoms with van der Waals surface area (Å²) in [5.41, 5.74) is 1.63. The van der Waals surface area contributed by atoms with Crippen LogP contribution in [-0.2, 0) is 0 Å². The lowest BCUT2D eigenvalue weighted by atomic mass is 10.2. The summed E-state index contributed by atoms with van der Waals surface area (Å²) < 4.78 is 0. The van der Waals surface area contributed by atoms with Crippen molar-refractivity contribution in [2.24, 2.45) is 0 Å². The molecule has 0 bridgehead atoms. The van der Waals surface area contributed by atoms with Gasteiger partial charge in [-0.15, -0.1) is 0 Å². The maximum Gasteiger partial charge on any atom is 0.162 e. The molecule has 150 valence electrons. The predicted octanol–water partition coefficient (Wildman–Crippen LogP) is 3.65. The summed E-state index contributed by atoms with van der Waals surface area (Å²) in [4.78, 5) is 22.4. The Balaban J connectivity index is 1.51. The van der Waals surface area contributed by atoms with Gasteiger partial charge in [-0.05, 0) is 43.3 Å². The minimum atomic E-state index is 0.340. The normalized spacial score (nSPS) is 16.0. The summed E-state index contributed by atoms with van der Waals surface area (Å²) in [6.45, 7) is 1.92. The zero-order chi connectivity index (χ0) is 20.3. The van der Waals surface area contributed by atoms with Crippen molar-refractivity contribution in [1.29, 1.82) is 0 Å². The molecule has 0 radical (unpaired) electrons. The molecule has 0 aliphatic carbocycles. The number of anilines is 3. The molecule has 0 amide bonds. The molecule has 1 aliphatic rings. The Kier molecular flexibility index (Phi) is 5.08. The van der Waals surface area contributed by atoms with Crippen LogP contribution in [0.3, 0.4) is 0 Å². The monoisotopic (exact) mass is 418 g/mol. The molecule has 30 heavy (non-hydrogen) atoms. The van der Waals surface area contributed by atoms with Gasteiger partial charge in [-0.3, -0.25) is 4.98 Å². The third-order valence-electron chi connectivity index (χ3n) is 4.90. The van der Waals surface area contributed by atoms with E-state index < -0.39 is 0 Å². The van der Waals surface area contributed by atoms with Crippen LogP contribution in [0, 0.1) is 0 Å². The minimum absolute atomic E-state index is 0.340. The number of rotatable bonds is 5. The second kappa shape index (κ2) is 8.17. The Bertz CT molecular complexity index is 1190. The van der Waals surface area contributed by atoms with Gasteiger partial charge in [0.2, 0.25) is 0 Å². The molecule has 0 saturated carbocycles. The number of hydrogen-bond donors (Lipinski definition) is 3. The van der Waals surface area contributed by atoms with Crippen LogP contribution in [0.4, 0.5) is 17.5 Å². The zero-order valence-corrected chi connectivity index (χ0v) is 16.8. The quantitative estimate of drug-likeness (QED) is 0.451. The van der Waals surface area contributed by atoms with Crippen LogP contribution in [0.25, 0.3) is 22.3 Å².